The zero-order valence-corrected chi connectivity index (χ0v) is 9.88. The van der Waals surface area contributed by atoms with Gasteiger partial charge in [-0.3, -0.25) is 10.3 Å². The van der Waals surface area contributed by atoms with Crippen molar-refractivity contribution in [2.75, 3.05) is 0 Å². The van der Waals surface area contributed by atoms with Crippen LogP contribution in [0.3, 0.4) is 0 Å². The summed E-state index contributed by atoms with van der Waals surface area (Å²) in [5.74, 6) is -0.864. The predicted octanol–water partition coefficient (Wildman–Crippen LogP) is 2.22. The first-order chi connectivity index (χ1) is 7.57. The number of hydroxylamine groups is 1. The summed E-state index contributed by atoms with van der Waals surface area (Å²) in [6.45, 7) is 3.73. The molecule has 1 aliphatic heterocycles. The van der Waals surface area contributed by atoms with Gasteiger partial charge in [0.1, 0.15) is 5.60 Å². The lowest BCUT2D eigenvalue weighted by Gasteiger charge is -2.45. The highest BCUT2D eigenvalue weighted by molar-refractivity contribution is 5.88. The van der Waals surface area contributed by atoms with Crippen molar-refractivity contribution in [3.05, 3.63) is 11.3 Å². The number of carbonyl (C=O) groups is 1. The fraction of sp³-hybridized carbons (Fsp3) is 0.750. The Bertz CT molecular complexity index is 329. The van der Waals surface area contributed by atoms with Crippen molar-refractivity contribution >= 4 is 5.97 Å². The third-order valence-electron chi connectivity index (χ3n) is 3.96. The van der Waals surface area contributed by atoms with E-state index in [9.17, 15) is 9.90 Å². The van der Waals surface area contributed by atoms with Crippen LogP contribution in [0.5, 0.6) is 0 Å². The molecule has 0 aromatic carbocycles. The van der Waals surface area contributed by atoms with E-state index in [1.807, 2.05) is 6.92 Å². The summed E-state index contributed by atoms with van der Waals surface area (Å²) >= 11 is 0. The van der Waals surface area contributed by atoms with Gasteiger partial charge in [0, 0.05) is 11.6 Å². The van der Waals surface area contributed by atoms with Crippen molar-refractivity contribution in [3.8, 4) is 0 Å². The highest BCUT2D eigenvalue weighted by atomic mass is 16.7. The lowest BCUT2D eigenvalue weighted by molar-refractivity contribution is -0.158. The van der Waals surface area contributed by atoms with Gasteiger partial charge < -0.3 is 5.11 Å². The minimum absolute atomic E-state index is 0.0356. The molecular weight excluding hydrogens is 206 g/mol. The first-order valence-corrected chi connectivity index (χ1v) is 5.95. The lowest BCUT2D eigenvalue weighted by Crippen LogP contribution is -2.50. The van der Waals surface area contributed by atoms with Crippen LogP contribution in [-0.2, 0) is 9.63 Å². The Morgan fingerprint density at radius 1 is 1.44 bits per heavy atom. The molecule has 1 aliphatic carbocycles. The summed E-state index contributed by atoms with van der Waals surface area (Å²) in [4.78, 5) is 17.0. The van der Waals surface area contributed by atoms with E-state index in [2.05, 4.69) is 5.48 Å². The SMILES string of the molecule is CC1=C(C(=O)O)C(C)C2(CCCCC2)ON1. The van der Waals surface area contributed by atoms with Crippen LogP contribution in [-0.4, -0.2) is 16.7 Å². The first kappa shape index (κ1) is 11.5. The summed E-state index contributed by atoms with van der Waals surface area (Å²) in [5.41, 5.74) is 3.62. The molecule has 1 atom stereocenters. The fourth-order valence-electron chi connectivity index (χ4n) is 2.94. The Morgan fingerprint density at radius 3 is 2.62 bits per heavy atom. The maximum absolute atomic E-state index is 11.2. The molecule has 1 heterocycles. The normalized spacial score (nSPS) is 29.0. The van der Waals surface area contributed by atoms with Crippen LogP contribution in [0.1, 0.15) is 46.0 Å². The Balaban J connectivity index is 2.30. The van der Waals surface area contributed by atoms with Gasteiger partial charge in [-0.25, -0.2) is 4.79 Å². The van der Waals surface area contributed by atoms with E-state index in [1.165, 1.54) is 6.42 Å². The molecular formula is C12H19NO3. The number of carboxylic acids is 1. The number of rotatable bonds is 1. The van der Waals surface area contributed by atoms with Gasteiger partial charge >= 0.3 is 5.97 Å². The standard InChI is InChI=1S/C12H19NO3/c1-8-10(11(14)15)9(2)13-16-12(8)6-4-3-5-7-12/h8,13H,3-7H2,1-2H3,(H,14,15). The number of aliphatic carboxylic acids is 1. The van der Waals surface area contributed by atoms with Crippen LogP contribution in [0.15, 0.2) is 11.3 Å². The number of nitrogens with one attached hydrogen (secondary N) is 1. The molecule has 0 aromatic rings. The molecule has 0 radical (unpaired) electrons. The molecule has 1 fully saturated rings. The average molecular weight is 225 g/mol. The van der Waals surface area contributed by atoms with Crippen LogP contribution in [0, 0.1) is 5.92 Å². The Kier molecular flexibility index (Phi) is 2.93. The number of hydrogen-bond acceptors (Lipinski definition) is 3. The van der Waals surface area contributed by atoms with Crippen LogP contribution in [0.4, 0.5) is 0 Å². The van der Waals surface area contributed by atoms with Crippen molar-refractivity contribution in [2.24, 2.45) is 5.92 Å². The Labute approximate surface area is 95.6 Å². The number of allylic oxidation sites excluding steroid dienone is 1. The van der Waals surface area contributed by atoms with Crippen LogP contribution in [0.2, 0.25) is 0 Å². The first-order valence-electron chi connectivity index (χ1n) is 5.95. The fourth-order valence-corrected chi connectivity index (χ4v) is 2.94. The molecule has 0 saturated heterocycles. The summed E-state index contributed by atoms with van der Waals surface area (Å²) < 4.78 is 0. The van der Waals surface area contributed by atoms with Gasteiger partial charge in [-0.15, -0.1) is 0 Å². The zero-order valence-electron chi connectivity index (χ0n) is 9.88. The zero-order chi connectivity index (χ0) is 11.8. The molecule has 4 heteroatoms. The third-order valence-corrected chi connectivity index (χ3v) is 3.96. The maximum Gasteiger partial charge on any atom is 0.333 e. The second kappa shape index (κ2) is 4.09. The minimum atomic E-state index is -0.828. The average Bonchev–Trinajstić information content (AvgIpc) is 2.26. The molecule has 1 spiro atoms. The van der Waals surface area contributed by atoms with Crippen molar-refractivity contribution in [2.45, 2.75) is 51.6 Å². The van der Waals surface area contributed by atoms with E-state index in [4.69, 9.17) is 4.84 Å². The third kappa shape index (κ3) is 1.71. The molecule has 90 valence electrons. The van der Waals surface area contributed by atoms with Gasteiger partial charge in [-0.05, 0) is 19.8 Å². The summed E-state index contributed by atoms with van der Waals surface area (Å²) in [5, 5.41) is 9.24. The van der Waals surface area contributed by atoms with Crippen molar-refractivity contribution in [3.63, 3.8) is 0 Å². The van der Waals surface area contributed by atoms with E-state index in [1.54, 1.807) is 6.92 Å². The molecule has 16 heavy (non-hydrogen) atoms. The largest absolute Gasteiger partial charge is 0.478 e. The summed E-state index contributed by atoms with van der Waals surface area (Å²) in [6.07, 6.45) is 5.37. The molecule has 2 rings (SSSR count). The highest BCUT2D eigenvalue weighted by Crippen LogP contribution is 2.43. The molecule has 1 saturated carbocycles. The van der Waals surface area contributed by atoms with Crippen molar-refractivity contribution < 1.29 is 14.7 Å². The van der Waals surface area contributed by atoms with Crippen molar-refractivity contribution in [1.82, 2.24) is 5.48 Å². The quantitative estimate of drug-likeness (QED) is 0.718. The predicted molar refractivity (Wildman–Crippen MR) is 59.5 cm³/mol. The molecule has 0 amide bonds. The maximum atomic E-state index is 11.2. The summed E-state index contributed by atoms with van der Waals surface area (Å²) in [7, 11) is 0. The van der Waals surface area contributed by atoms with E-state index in [-0.39, 0.29) is 11.5 Å². The van der Waals surface area contributed by atoms with Crippen LogP contribution >= 0.6 is 0 Å². The monoisotopic (exact) mass is 225 g/mol. The van der Waals surface area contributed by atoms with Crippen LogP contribution < -0.4 is 5.48 Å². The van der Waals surface area contributed by atoms with Crippen LogP contribution in [0.25, 0.3) is 0 Å². The molecule has 4 nitrogen and oxygen atoms in total. The minimum Gasteiger partial charge on any atom is -0.478 e. The van der Waals surface area contributed by atoms with Gasteiger partial charge in [0.2, 0.25) is 0 Å². The lowest BCUT2D eigenvalue weighted by atomic mass is 9.72. The molecule has 1 unspecified atom stereocenters. The van der Waals surface area contributed by atoms with E-state index in [0.717, 1.165) is 25.7 Å². The van der Waals surface area contributed by atoms with E-state index < -0.39 is 5.97 Å². The van der Waals surface area contributed by atoms with E-state index >= 15 is 0 Å². The summed E-state index contributed by atoms with van der Waals surface area (Å²) in [6, 6.07) is 0. The second-order valence-electron chi connectivity index (χ2n) is 4.90. The number of carboxylic acid groups (broad SMARTS) is 1. The number of hydrogen-bond donors (Lipinski definition) is 2. The molecule has 0 aromatic heterocycles. The highest BCUT2D eigenvalue weighted by Gasteiger charge is 2.45. The molecule has 2 aliphatic rings. The smallest absolute Gasteiger partial charge is 0.333 e. The molecule has 2 N–H and O–H groups in total. The van der Waals surface area contributed by atoms with Gasteiger partial charge in [0.25, 0.3) is 0 Å². The van der Waals surface area contributed by atoms with E-state index in [0.29, 0.717) is 11.3 Å². The Hall–Kier alpha value is -1.03. The molecule has 0 bridgehead atoms. The van der Waals surface area contributed by atoms with Gasteiger partial charge in [-0.2, -0.15) is 0 Å². The Morgan fingerprint density at radius 2 is 2.06 bits per heavy atom. The van der Waals surface area contributed by atoms with Gasteiger partial charge in [0.15, 0.2) is 0 Å². The van der Waals surface area contributed by atoms with Gasteiger partial charge in [-0.1, -0.05) is 26.2 Å². The topological polar surface area (TPSA) is 58.6 Å². The van der Waals surface area contributed by atoms with Crippen molar-refractivity contribution in [1.29, 1.82) is 0 Å². The van der Waals surface area contributed by atoms with Gasteiger partial charge in [0.05, 0.1) is 5.57 Å². The second-order valence-corrected chi connectivity index (χ2v) is 4.90.